The highest BCUT2D eigenvalue weighted by molar-refractivity contribution is 5.93. The van der Waals surface area contributed by atoms with Crippen molar-refractivity contribution < 1.29 is 14.6 Å². The van der Waals surface area contributed by atoms with Crippen LogP contribution in [0.2, 0.25) is 0 Å². The Balaban J connectivity index is 2.05. The molecule has 2 heterocycles. The third kappa shape index (κ3) is 2.20. The molecule has 1 saturated heterocycles. The van der Waals surface area contributed by atoms with E-state index in [1.807, 2.05) is 31.2 Å². The summed E-state index contributed by atoms with van der Waals surface area (Å²) in [6.45, 7) is 3.52. The Kier molecular flexibility index (Phi) is 3.28. The summed E-state index contributed by atoms with van der Waals surface area (Å²) in [5.74, 6) is -0.911. The van der Waals surface area contributed by atoms with Gasteiger partial charge in [-0.2, -0.15) is 0 Å². The van der Waals surface area contributed by atoms with Crippen molar-refractivity contribution in [2.45, 2.75) is 13.0 Å². The molecule has 0 radical (unpaired) electrons. The second-order valence-corrected chi connectivity index (χ2v) is 4.94. The fourth-order valence-electron chi connectivity index (χ4n) is 2.67. The minimum Gasteiger partial charge on any atom is -0.479 e. The normalized spacial score (nSPS) is 19.2. The van der Waals surface area contributed by atoms with Crippen molar-refractivity contribution in [2.24, 2.45) is 0 Å². The number of aryl methyl sites for hydroxylation is 1. The van der Waals surface area contributed by atoms with Gasteiger partial charge in [-0.05, 0) is 30.7 Å². The quantitative estimate of drug-likeness (QED) is 0.903. The number of pyridine rings is 1. The number of benzene rings is 1. The number of morpholine rings is 1. The van der Waals surface area contributed by atoms with Crippen molar-refractivity contribution in [1.29, 1.82) is 0 Å². The molecule has 5 heteroatoms. The number of anilines is 1. The van der Waals surface area contributed by atoms with Gasteiger partial charge in [-0.15, -0.1) is 0 Å². The minimum atomic E-state index is -0.911. The molecule has 5 nitrogen and oxygen atoms in total. The smallest absolute Gasteiger partial charge is 0.334 e. The van der Waals surface area contributed by atoms with Gasteiger partial charge in [0.15, 0.2) is 6.10 Å². The van der Waals surface area contributed by atoms with Gasteiger partial charge in [0, 0.05) is 23.8 Å². The molecule has 1 N–H and O–H groups in total. The maximum atomic E-state index is 11.1. The number of fused-ring (bicyclic) bond motifs is 1. The van der Waals surface area contributed by atoms with Crippen LogP contribution in [-0.2, 0) is 9.53 Å². The number of aliphatic carboxylic acids is 1. The number of nitrogens with zero attached hydrogens (tertiary/aromatic N) is 2. The van der Waals surface area contributed by atoms with E-state index in [4.69, 9.17) is 9.84 Å². The van der Waals surface area contributed by atoms with Gasteiger partial charge in [0.25, 0.3) is 0 Å². The Morgan fingerprint density at radius 2 is 2.30 bits per heavy atom. The molecule has 1 unspecified atom stereocenters. The van der Waals surface area contributed by atoms with Crippen LogP contribution in [0, 0.1) is 6.92 Å². The third-order valence-electron chi connectivity index (χ3n) is 3.62. The van der Waals surface area contributed by atoms with E-state index in [0.717, 1.165) is 22.2 Å². The van der Waals surface area contributed by atoms with E-state index in [0.29, 0.717) is 19.7 Å². The number of carboxylic acids is 1. The lowest BCUT2D eigenvalue weighted by Gasteiger charge is -2.34. The van der Waals surface area contributed by atoms with Crippen molar-refractivity contribution in [2.75, 3.05) is 24.6 Å². The molecule has 0 bridgehead atoms. The minimum absolute atomic E-state index is 0.365. The maximum absolute atomic E-state index is 11.1. The molecule has 20 heavy (non-hydrogen) atoms. The van der Waals surface area contributed by atoms with Gasteiger partial charge in [0.2, 0.25) is 0 Å². The fourth-order valence-corrected chi connectivity index (χ4v) is 2.67. The summed E-state index contributed by atoms with van der Waals surface area (Å²) in [6, 6.07) is 7.94. The van der Waals surface area contributed by atoms with Crippen LogP contribution in [-0.4, -0.2) is 41.9 Å². The summed E-state index contributed by atoms with van der Waals surface area (Å²) >= 11 is 0. The van der Waals surface area contributed by atoms with E-state index in [-0.39, 0.29) is 0 Å². The highest BCUT2D eigenvalue weighted by Crippen LogP contribution is 2.30. The van der Waals surface area contributed by atoms with Crippen LogP contribution < -0.4 is 4.90 Å². The lowest BCUT2D eigenvalue weighted by Crippen LogP contribution is -2.46. The second kappa shape index (κ2) is 5.09. The monoisotopic (exact) mass is 272 g/mol. The van der Waals surface area contributed by atoms with E-state index in [2.05, 4.69) is 9.88 Å². The summed E-state index contributed by atoms with van der Waals surface area (Å²) in [7, 11) is 0. The molecule has 1 fully saturated rings. The molecule has 3 rings (SSSR count). The molecule has 0 aliphatic carbocycles. The zero-order valence-corrected chi connectivity index (χ0v) is 11.2. The molecular weight excluding hydrogens is 256 g/mol. The lowest BCUT2D eigenvalue weighted by atomic mass is 10.1. The van der Waals surface area contributed by atoms with E-state index in [1.165, 1.54) is 0 Å². The van der Waals surface area contributed by atoms with Gasteiger partial charge >= 0.3 is 5.97 Å². The standard InChI is InChI=1S/C15H16N2O3/c1-10-4-5-12-11(3-2-6-16-12)14(10)17-7-8-20-13(9-17)15(18)19/h2-6,13H,7-9H2,1H3,(H,18,19). The molecule has 1 atom stereocenters. The topological polar surface area (TPSA) is 62.7 Å². The molecule has 0 spiro atoms. The van der Waals surface area contributed by atoms with Gasteiger partial charge in [-0.1, -0.05) is 6.07 Å². The Hall–Kier alpha value is -2.14. The van der Waals surface area contributed by atoms with Crippen molar-refractivity contribution in [3.8, 4) is 0 Å². The Morgan fingerprint density at radius 3 is 3.10 bits per heavy atom. The van der Waals surface area contributed by atoms with Gasteiger partial charge in [0.05, 0.1) is 18.7 Å². The van der Waals surface area contributed by atoms with Crippen LogP contribution >= 0.6 is 0 Å². The molecule has 0 saturated carbocycles. The maximum Gasteiger partial charge on any atom is 0.334 e. The van der Waals surface area contributed by atoms with Crippen molar-refractivity contribution in [3.05, 3.63) is 36.0 Å². The molecule has 2 aromatic rings. The number of ether oxygens (including phenoxy) is 1. The van der Waals surface area contributed by atoms with Crippen LogP contribution in [0.25, 0.3) is 10.9 Å². The van der Waals surface area contributed by atoms with Gasteiger partial charge < -0.3 is 14.7 Å². The van der Waals surface area contributed by atoms with Crippen LogP contribution in [0.3, 0.4) is 0 Å². The first-order chi connectivity index (χ1) is 9.66. The molecule has 1 aliphatic heterocycles. The highest BCUT2D eigenvalue weighted by atomic mass is 16.5. The predicted molar refractivity (Wildman–Crippen MR) is 76.1 cm³/mol. The van der Waals surface area contributed by atoms with Crippen LogP contribution in [0.1, 0.15) is 5.56 Å². The average Bonchev–Trinajstić information content (AvgIpc) is 2.47. The first-order valence-electron chi connectivity index (χ1n) is 6.60. The number of carbonyl (C=O) groups is 1. The SMILES string of the molecule is Cc1ccc2ncccc2c1N1CCOC(C(=O)O)C1. The van der Waals surface area contributed by atoms with Gasteiger partial charge in [0.1, 0.15) is 0 Å². The summed E-state index contributed by atoms with van der Waals surface area (Å²) in [6.07, 6.45) is 0.996. The van der Waals surface area contributed by atoms with E-state index >= 15 is 0 Å². The fraction of sp³-hybridized carbons (Fsp3) is 0.333. The van der Waals surface area contributed by atoms with E-state index < -0.39 is 12.1 Å². The molecule has 1 aliphatic rings. The van der Waals surface area contributed by atoms with Crippen molar-refractivity contribution >= 4 is 22.6 Å². The van der Waals surface area contributed by atoms with E-state index in [9.17, 15) is 4.79 Å². The predicted octanol–water partition coefficient (Wildman–Crippen LogP) is 1.83. The summed E-state index contributed by atoms with van der Waals surface area (Å²) in [5, 5.41) is 10.2. The van der Waals surface area contributed by atoms with Crippen LogP contribution in [0.5, 0.6) is 0 Å². The van der Waals surface area contributed by atoms with Crippen molar-refractivity contribution in [1.82, 2.24) is 4.98 Å². The van der Waals surface area contributed by atoms with Crippen LogP contribution in [0.15, 0.2) is 30.5 Å². The van der Waals surface area contributed by atoms with E-state index in [1.54, 1.807) is 6.20 Å². The van der Waals surface area contributed by atoms with Crippen LogP contribution in [0.4, 0.5) is 5.69 Å². The number of hydrogen-bond donors (Lipinski definition) is 1. The first-order valence-corrected chi connectivity index (χ1v) is 6.60. The molecule has 1 aromatic heterocycles. The number of aromatic nitrogens is 1. The zero-order chi connectivity index (χ0) is 14.1. The molecule has 0 amide bonds. The number of rotatable bonds is 2. The molecule has 1 aromatic carbocycles. The zero-order valence-electron chi connectivity index (χ0n) is 11.2. The average molecular weight is 272 g/mol. The van der Waals surface area contributed by atoms with Gasteiger partial charge in [-0.3, -0.25) is 4.98 Å². The summed E-state index contributed by atoms with van der Waals surface area (Å²) in [4.78, 5) is 17.6. The number of hydrogen-bond acceptors (Lipinski definition) is 4. The summed E-state index contributed by atoms with van der Waals surface area (Å²) < 4.78 is 5.29. The molecule has 104 valence electrons. The third-order valence-corrected chi connectivity index (χ3v) is 3.62. The van der Waals surface area contributed by atoms with Gasteiger partial charge in [-0.25, -0.2) is 4.79 Å². The molecular formula is C15H16N2O3. The highest BCUT2D eigenvalue weighted by Gasteiger charge is 2.27. The lowest BCUT2D eigenvalue weighted by molar-refractivity contribution is -0.150. The first kappa shape index (κ1) is 12.9. The second-order valence-electron chi connectivity index (χ2n) is 4.94. The Bertz CT molecular complexity index is 657. The Morgan fingerprint density at radius 1 is 1.45 bits per heavy atom. The Labute approximate surface area is 116 Å². The largest absolute Gasteiger partial charge is 0.479 e. The van der Waals surface area contributed by atoms with Crippen molar-refractivity contribution in [3.63, 3.8) is 0 Å². The number of carboxylic acid groups (broad SMARTS) is 1. The summed E-state index contributed by atoms with van der Waals surface area (Å²) in [5.41, 5.74) is 3.10.